The van der Waals surface area contributed by atoms with Gasteiger partial charge in [-0.3, -0.25) is 0 Å². The normalized spacial score (nSPS) is 10.0. The third-order valence-corrected chi connectivity index (χ3v) is 3.02. The summed E-state index contributed by atoms with van der Waals surface area (Å²) in [5.41, 5.74) is 2.52. The van der Waals surface area contributed by atoms with Gasteiger partial charge in [-0.15, -0.1) is 0 Å². The van der Waals surface area contributed by atoms with Gasteiger partial charge in [-0.1, -0.05) is 18.2 Å². The Morgan fingerprint density at radius 1 is 1.19 bits per heavy atom. The van der Waals surface area contributed by atoms with E-state index in [0.29, 0.717) is 17.9 Å². The molecular weight excluding hydrogens is 264 g/mol. The van der Waals surface area contributed by atoms with Crippen LogP contribution in [-0.4, -0.2) is 19.7 Å². The van der Waals surface area contributed by atoms with Crippen LogP contribution in [0.2, 0.25) is 0 Å². The van der Waals surface area contributed by atoms with Crippen LogP contribution in [0.3, 0.4) is 0 Å². The molecule has 6 heteroatoms. The highest BCUT2D eigenvalue weighted by molar-refractivity contribution is 5.46. The standard InChI is InChI=1S/C15H12N6/c16-7-12-3-1-2-4-13(12)8-18-14-5-6-15(19-9-14)21-11-17-10-20-21/h1-6,9-11,18H,8H2. The summed E-state index contributed by atoms with van der Waals surface area (Å²) in [5, 5.41) is 16.3. The fourth-order valence-corrected chi connectivity index (χ4v) is 1.93. The number of nitrogens with zero attached hydrogens (tertiary/aromatic N) is 5. The predicted octanol–water partition coefficient (Wildman–Crippen LogP) is 2.15. The zero-order chi connectivity index (χ0) is 14.5. The minimum absolute atomic E-state index is 0.577. The maximum Gasteiger partial charge on any atom is 0.155 e. The number of benzene rings is 1. The molecule has 0 aliphatic heterocycles. The Morgan fingerprint density at radius 2 is 2.10 bits per heavy atom. The van der Waals surface area contributed by atoms with Crippen LogP contribution in [-0.2, 0) is 6.54 Å². The zero-order valence-corrected chi connectivity index (χ0v) is 11.1. The van der Waals surface area contributed by atoms with Gasteiger partial charge in [-0.25, -0.2) is 14.6 Å². The molecule has 0 aliphatic carbocycles. The van der Waals surface area contributed by atoms with Gasteiger partial charge in [0.25, 0.3) is 0 Å². The number of aromatic nitrogens is 4. The first-order chi connectivity index (χ1) is 10.4. The molecular formula is C15H12N6. The van der Waals surface area contributed by atoms with Gasteiger partial charge >= 0.3 is 0 Å². The molecule has 0 saturated heterocycles. The van der Waals surface area contributed by atoms with Crippen molar-refractivity contribution in [1.82, 2.24) is 19.7 Å². The molecule has 0 unspecified atom stereocenters. The van der Waals surface area contributed by atoms with Crippen LogP contribution >= 0.6 is 0 Å². The molecule has 102 valence electrons. The SMILES string of the molecule is N#Cc1ccccc1CNc1ccc(-n2cncn2)nc1. The maximum absolute atomic E-state index is 9.05. The predicted molar refractivity (Wildman–Crippen MR) is 77.6 cm³/mol. The van der Waals surface area contributed by atoms with Crippen LogP contribution in [0, 0.1) is 11.3 Å². The van der Waals surface area contributed by atoms with Crippen molar-refractivity contribution in [2.45, 2.75) is 6.54 Å². The molecule has 0 amide bonds. The number of rotatable bonds is 4. The zero-order valence-electron chi connectivity index (χ0n) is 11.1. The third kappa shape index (κ3) is 2.87. The Kier molecular flexibility index (Phi) is 3.56. The van der Waals surface area contributed by atoms with Gasteiger partial charge in [-0.2, -0.15) is 10.4 Å². The summed E-state index contributed by atoms with van der Waals surface area (Å²) in [5.74, 6) is 0.704. The van der Waals surface area contributed by atoms with E-state index in [4.69, 9.17) is 5.26 Å². The molecule has 0 fully saturated rings. The van der Waals surface area contributed by atoms with Crippen LogP contribution in [0.4, 0.5) is 5.69 Å². The van der Waals surface area contributed by atoms with Crippen LogP contribution < -0.4 is 5.32 Å². The molecule has 3 aromatic rings. The molecule has 0 radical (unpaired) electrons. The summed E-state index contributed by atoms with van der Waals surface area (Å²) < 4.78 is 1.59. The van der Waals surface area contributed by atoms with E-state index in [-0.39, 0.29) is 0 Å². The molecule has 6 nitrogen and oxygen atoms in total. The van der Waals surface area contributed by atoms with E-state index in [2.05, 4.69) is 26.5 Å². The van der Waals surface area contributed by atoms with Gasteiger partial charge in [0, 0.05) is 6.54 Å². The minimum Gasteiger partial charge on any atom is -0.380 e. The Balaban J connectivity index is 1.70. The second-order valence-corrected chi connectivity index (χ2v) is 4.37. The fraction of sp³-hybridized carbons (Fsp3) is 0.0667. The summed E-state index contributed by atoms with van der Waals surface area (Å²) in [6, 6.07) is 13.5. The monoisotopic (exact) mass is 276 g/mol. The first kappa shape index (κ1) is 12.8. The molecule has 0 saturated carbocycles. The molecule has 0 spiro atoms. The molecule has 3 rings (SSSR count). The van der Waals surface area contributed by atoms with E-state index in [1.807, 2.05) is 36.4 Å². The van der Waals surface area contributed by atoms with Crippen molar-refractivity contribution < 1.29 is 0 Å². The average Bonchev–Trinajstić information content (AvgIpc) is 3.08. The van der Waals surface area contributed by atoms with Crippen LogP contribution in [0.25, 0.3) is 5.82 Å². The third-order valence-electron chi connectivity index (χ3n) is 3.02. The van der Waals surface area contributed by atoms with E-state index in [0.717, 1.165) is 11.3 Å². The van der Waals surface area contributed by atoms with Crippen molar-refractivity contribution in [1.29, 1.82) is 5.26 Å². The van der Waals surface area contributed by atoms with E-state index in [1.165, 1.54) is 6.33 Å². The second kappa shape index (κ2) is 5.84. The lowest BCUT2D eigenvalue weighted by Gasteiger charge is -2.08. The van der Waals surface area contributed by atoms with E-state index < -0.39 is 0 Å². The molecule has 1 N–H and O–H groups in total. The van der Waals surface area contributed by atoms with Crippen LogP contribution in [0.5, 0.6) is 0 Å². The minimum atomic E-state index is 0.577. The summed E-state index contributed by atoms with van der Waals surface area (Å²) in [7, 11) is 0. The first-order valence-corrected chi connectivity index (χ1v) is 6.40. The molecule has 0 aliphatic rings. The molecule has 0 atom stereocenters. The van der Waals surface area contributed by atoms with Crippen molar-refractivity contribution in [2.75, 3.05) is 5.32 Å². The molecule has 1 aromatic carbocycles. The van der Waals surface area contributed by atoms with Gasteiger partial charge in [0.1, 0.15) is 12.7 Å². The Hall–Kier alpha value is -3.20. The number of nitriles is 1. The van der Waals surface area contributed by atoms with Gasteiger partial charge < -0.3 is 5.32 Å². The Morgan fingerprint density at radius 3 is 2.81 bits per heavy atom. The molecule has 2 heterocycles. The molecule has 2 aromatic heterocycles. The summed E-state index contributed by atoms with van der Waals surface area (Å²) in [6.07, 6.45) is 4.79. The Labute approximate surface area is 121 Å². The van der Waals surface area contributed by atoms with Gasteiger partial charge in [0.05, 0.1) is 23.5 Å². The van der Waals surface area contributed by atoms with Crippen molar-refractivity contribution >= 4 is 5.69 Å². The lowest BCUT2D eigenvalue weighted by molar-refractivity contribution is 0.845. The number of pyridine rings is 1. The van der Waals surface area contributed by atoms with E-state index in [9.17, 15) is 0 Å². The van der Waals surface area contributed by atoms with Crippen molar-refractivity contribution in [3.63, 3.8) is 0 Å². The summed E-state index contributed by atoms with van der Waals surface area (Å²) in [6.45, 7) is 0.577. The summed E-state index contributed by atoms with van der Waals surface area (Å²) >= 11 is 0. The topological polar surface area (TPSA) is 79.4 Å². The number of hydrogen-bond acceptors (Lipinski definition) is 5. The highest BCUT2D eigenvalue weighted by atomic mass is 15.3. The lowest BCUT2D eigenvalue weighted by atomic mass is 10.1. The number of anilines is 1. The van der Waals surface area contributed by atoms with Crippen molar-refractivity contribution in [3.8, 4) is 11.9 Å². The highest BCUT2D eigenvalue weighted by Gasteiger charge is 2.02. The van der Waals surface area contributed by atoms with Crippen molar-refractivity contribution in [3.05, 3.63) is 66.4 Å². The fourth-order valence-electron chi connectivity index (χ4n) is 1.93. The largest absolute Gasteiger partial charge is 0.380 e. The van der Waals surface area contributed by atoms with Crippen molar-refractivity contribution in [2.24, 2.45) is 0 Å². The second-order valence-electron chi connectivity index (χ2n) is 4.37. The average molecular weight is 276 g/mol. The van der Waals surface area contributed by atoms with Gasteiger partial charge in [0.15, 0.2) is 5.82 Å². The molecule has 0 bridgehead atoms. The van der Waals surface area contributed by atoms with E-state index in [1.54, 1.807) is 17.2 Å². The number of hydrogen-bond donors (Lipinski definition) is 1. The maximum atomic E-state index is 9.05. The first-order valence-electron chi connectivity index (χ1n) is 6.40. The Bertz CT molecular complexity index is 756. The lowest BCUT2D eigenvalue weighted by Crippen LogP contribution is -2.03. The van der Waals surface area contributed by atoms with Gasteiger partial charge in [0.2, 0.25) is 0 Å². The smallest absolute Gasteiger partial charge is 0.155 e. The molecule has 21 heavy (non-hydrogen) atoms. The summed E-state index contributed by atoms with van der Waals surface area (Å²) in [4.78, 5) is 8.19. The van der Waals surface area contributed by atoms with Crippen LogP contribution in [0.1, 0.15) is 11.1 Å². The van der Waals surface area contributed by atoms with E-state index >= 15 is 0 Å². The quantitative estimate of drug-likeness (QED) is 0.789. The van der Waals surface area contributed by atoms with Gasteiger partial charge in [-0.05, 0) is 23.8 Å². The highest BCUT2D eigenvalue weighted by Crippen LogP contribution is 2.12. The number of nitrogens with one attached hydrogen (secondary N) is 1. The van der Waals surface area contributed by atoms with Crippen LogP contribution in [0.15, 0.2) is 55.2 Å².